The number of carbonyl (C=O) groups is 3. The van der Waals surface area contributed by atoms with Crippen molar-refractivity contribution < 1.29 is 19.1 Å². The molecular formula is C22H25N3O4. The molecule has 1 aromatic heterocycles. The van der Waals surface area contributed by atoms with Gasteiger partial charge in [0.2, 0.25) is 0 Å². The second-order valence-electron chi connectivity index (χ2n) is 8.54. The summed E-state index contributed by atoms with van der Waals surface area (Å²) in [6, 6.07) is 8.08. The Morgan fingerprint density at radius 1 is 1.14 bits per heavy atom. The van der Waals surface area contributed by atoms with Crippen molar-refractivity contribution in [3.8, 4) is 0 Å². The molecule has 1 N–H and O–H groups in total. The molecule has 0 saturated carbocycles. The van der Waals surface area contributed by atoms with Crippen molar-refractivity contribution in [2.24, 2.45) is 0 Å². The molecule has 0 aliphatic carbocycles. The van der Waals surface area contributed by atoms with Gasteiger partial charge in [0.15, 0.2) is 0 Å². The highest BCUT2D eigenvalue weighted by molar-refractivity contribution is 6.35. The molecule has 29 heavy (non-hydrogen) atoms. The van der Waals surface area contributed by atoms with E-state index in [4.69, 9.17) is 4.74 Å². The van der Waals surface area contributed by atoms with Crippen LogP contribution < -0.4 is 5.32 Å². The minimum Gasteiger partial charge on any atom is -0.444 e. The lowest BCUT2D eigenvalue weighted by Gasteiger charge is -2.34. The zero-order valence-electron chi connectivity index (χ0n) is 16.9. The van der Waals surface area contributed by atoms with Crippen molar-refractivity contribution in [2.45, 2.75) is 45.3 Å². The van der Waals surface area contributed by atoms with E-state index in [9.17, 15) is 14.4 Å². The number of para-hydroxylation sites is 1. The highest BCUT2D eigenvalue weighted by Crippen LogP contribution is 2.34. The van der Waals surface area contributed by atoms with Crippen LogP contribution in [0.1, 0.15) is 45.2 Å². The smallest absolute Gasteiger partial charge is 0.410 e. The van der Waals surface area contributed by atoms with Gasteiger partial charge in [-0.3, -0.25) is 14.9 Å². The number of benzene rings is 1. The number of nitrogens with one attached hydrogen (secondary N) is 1. The highest BCUT2D eigenvalue weighted by Gasteiger charge is 2.30. The molecule has 0 atom stereocenters. The second-order valence-corrected chi connectivity index (χ2v) is 8.54. The van der Waals surface area contributed by atoms with Gasteiger partial charge < -0.3 is 14.2 Å². The van der Waals surface area contributed by atoms with E-state index in [1.807, 2.05) is 51.2 Å². The fourth-order valence-electron chi connectivity index (χ4n) is 3.99. The van der Waals surface area contributed by atoms with E-state index >= 15 is 0 Å². The van der Waals surface area contributed by atoms with E-state index in [0.717, 1.165) is 29.3 Å². The number of hydrogen-bond donors (Lipinski definition) is 1. The zero-order chi connectivity index (χ0) is 20.8. The van der Waals surface area contributed by atoms with Crippen LogP contribution in [0, 0.1) is 0 Å². The van der Waals surface area contributed by atoms with Crippen molar-refractivity contribution in [1.82, 2.24) is 14.8 Å². The van der Waals surface area contributed by atoms with Crippen LogP contribution in [0.5, 0.6) is 0 Å². The van der Waals surface area contributed by atoms with Crippen LogP contribution in [0.4, 0.5) is 4.79 Å². The summed E-state index contributed by atoms with van der Waals surface area (Å²) in [4.78, 5) is 37.9. The highest BCUT2D eigenvalue weighted by atomic mass is 16.6. The number of carbonyl (C=O) groups excluding carboxylic acids is 3. The average molecular weight is 395 g/mol. The summed E-state index contributed by atoms with van der Waals surface area (Å²) in [5.74, 6) is -0.745. The summed E-state index contributed by atoms with van der Waals surface area (Å²) in [6.07, 6.45) is 4.63. The van der Waals surface area contributed by atoms with Crippen LogP contribution in [-0.2, 0) is 14.3 Å². The summed E-state index contributed by atoms with van der Waals surface area (Å²) in [5, 5.41) is 3.26. The molecule has 0 unspecified atom stereocenters. The third-order valence-corrected chi connectivity index (χ3v) is 5.30. The van der Waals surface area contributed by atoms with Crippen molar-refractivity contribution >= 4 is 34.4 Å². The number of fused-ring (bicyclic) bond motifs is 1. The average Bonchev–Trinajstić information content (AvgIpc) is 3.20. The van der Waals surface area contributed by atoms with Gasteiger partial charge in [-0.2, -0.15) is 0 Å². The van der Waals surface area contributed by atoms with Gasteiger partial charge in [0.05, 0.1) is 5.57 Å². The van der Waals surface area contributed by atoms with Crippen molar-refractivity contribution in [3.63, 3.8) is 0 Å². The molecule has 1 fully saturated rings. The van der Waals surface area contributed by atoms with Crippen LogP contribution in [0.2, 0.25) is 0 Å². The SMILES string of the molecule is CC(C)(C)OC(=O)N1CCC(n2cc(C3=CC(=O)NC3=O)c3ccccc32)CC1. The lowest BCUT2D eigenvalue weighted by molar-refractivity contribution is -0.123. The number of imide groups is 1. The fraction of sp³-hybridized carbons (Fsp3) is 0.409. The van der Waals surface area contributed by atoms with Gasteiger partial charge in [0, 0.05) is 47.9 Å². The minimum atomic E-state index is -0.507. The monoisotopic (exact) mass is 395 g/mol. The summed E-state index contributed by atoms with van der Waals surface area (Å²) in [6.45, 7) is 6.82. The molecule has 0 bridgehead atoms. The molecule has 3 heterocycles. The molecule has 0 spiro atoms. The third-order valence-electron chi connectivity index (χ3n) is 5.30. The Hall–Kier alpha value is -3.09. The lowest BCUT2D eigenvalue weighted by atomic mass is 10.0. The fourth-order valence-corrected chi connectivity index (χ4v) is 3.99. The Bertz CT molecular complexity index is 1020. The molecule has 152 valence electrons. The number of rotatable bonds is 2. The molecule has 7 heteroatoms. The Morgan fingerprint density at radius 3 is 2.45 bits per heavy atom. The minimum absolute atomic E-state index is 0.202. The quantitative estimate of drug-likeness (QED) is 0.792. The number of amides is 3. The molecule has 7 nitrogen and oxygen atoms in total. The largest absolute Gasteiger partial charge is 0.444 e. The number of ether oxygens (including phenoxy) is 1. The zero-order valence-corrected chi connectivity index (χ0v) is 16.9. The first kappa shape index (κ1) is 19.2. The van der Waals surface area contributed by atoms with Gasteiger partial charge in [-0.1, -0.05) is 18.2 Å². The summed E-state index contributed by atoms with van der Waals surface area (Å²) in [7, 11) is 0. The van der Waals surface area contributed by atoms with E-state index in [0.29, 0.717) is 18.7 Å². The topological polar surface area (TPSA) is 80.6 Å². The first-order valence-corrected chi connectivity index (χ1v) is 9.88. The molecular weight excluding hydrogens is 370 g/mol. The van der Waals surface area contributed by atoms with E-state index in [1.165, 1.54) is 6.08 Å². The molecule has 1 saturated heterocycles. The molecule has 4 rings (SSSR count). The van der Waals surface area contributed by atoms with Crippen molar-refractivity contribution in [2.75, 3.05) is 13.1 Å². The predicted molar refractivity (Wildman–Crippen MR) is 109 cm³/mol. The summed E-state index contributed by atoms with van der Waals surface area (Å²) < 4.78 is 7.65. The molecule has 2 aliphatic rings. The Morgan fingerprint density at radius 2 is 1.83 bits per heavy atom. The van der Waals surface area contributed by atoms with E-state index in [-0.39, 0.29) is 23.9 Å². The normalized spacial score (nSPS) is 18.2. The van der Waals surface area contributed by atoms with Crippen LogP contribution in [0.25, 0.3) is 16.5 Å². The van der Waals surface area contributed by atoms with Gasteiger partial charge >= 0.3 is 6.09 Å². The van der Waals surface area contributed by atoms with Gasteiger partial charge in [0.1, 0.15) is 5.60 Å². The second kappa shape index (κ2) is 7.06. The third kappa shape index (κ3) is 3.77. The number of nitrogens with zero attached hydrogens (tertiary/aromatic N) is 2. The summed E-state index contributed by atoms with van der Waals surface area (Å²) in [5.41, 5.74) is 1.67. The Balaban J connectivity index is 1.58. The van der Waals surface area contributed by atoms with Crippen LogP contribution in [0.3, 0.4) is 0 Å². The molecule has 0 radical (unpaired) electrons. The van der Waals surface area contributed by atoms with Crippen LogP contribution >= 0.6 is 0 Å². The Kier molecular flexibility index (Phi) is 4.68. The maximum absolute atomic E-state index is 12.3. The molecule has 2 aromatic rings. The van der Waals surface area contributed by atoms with Gasteiger partial charge in [0.25, 0.3) is 11.8 Å². The van der Waals surface area contributed by atoms with Crippen LogP contribution in [0.15, 0.2) is 36.5 Å². The first-order chi connectivity index (χ1) is 13.7. The predicted octanol–water partition coefficient (Wildman–Crippen LogP) is 3.25. The van der Waals surface area contributed by atoms with Crippen LogP contribution in [-0.4, -0.2) is 46.1 Å². The maximum Gasteiger partial charge on any atom is 0.410 e. The standard InChI is InChI=1S/C22H25N3O4/c1-22(2,3)29-21(28)24-10-8-14(9-11-24)25-13-17(15-6-4-5-7-18(15)25)16-12-19(26)23-20(16)27/h4-7,12-14H,8-11H2,1-3H3,(H,23,26,27). The van der Waals surface area contributed by atoms with Gasteiger partial charge in [-0.25, -0.2) is 4.79 Å². The van der Waals surface area contributed by atoms with Crippen molar-refractivity contribution in [1.29, 1.82) is 0 Å². The van der Waals surface area contributed by atoms with Gasteiger partial charge in [-0.05, 0) is 39.7 Å². The summed E-state index contributed by atoms with van der Waals surface area (Å²) >= 11 is 0. The molecule has 3 amide bonds. The molecule has 2 aliphatic heterocycles. The van der Waals surface area contributed by atoms with E-state index in [1.54, 1.807) is 4.90 Å². The van der Waals surface area contributed by atoms with E-state index in [2.05, 4.69) is 9.88 Å². The van der Waals surface area contributed by atoms with Crippen molar-refractivity contribution in [3.05, 3.63) is 42.1 Å². The number of piperidine rings is 1. The maximum atomic E-state index is 12.3. The lowest BCUT2D eigenvalue weighted by Crippen LogP contribution is -2.42. The Labute approximate surface area is 169 Å². The molecule has 1 aromatic carbocycles. The first-order valence-electron chi connectivity index (χ1n) is 9.88. The number of likely N-dealkylation sites (tertiary alicyclic amines) is 1. The van der Waals surface area contributed by atoms with Gasteiger partial charge in [-0.15, -0.1) is 0 Å². The number of hydrogen-bond acceptors (Lipinski definition) is 4. The number of aromatic nitrogens is 1. The van der Waals surface area contributed by atoms with E-state index < -0.39 is 5.60 Å².